The van der Waals surface area contributed by atoms with Crippen LogP contribution in [0.15, 0.2) is 70.2 Å². The number of oxazole rings is 1. The SMILES string of the molecule is Cc1ccc(S(=O)(=O)Cc2nc(-c3ccc(C(=O)NCc4nccn4C)cc3)oc2C)cc1. The van der Waals surface area contributed by atoms with Crippen LogP contribution in [-0.4, -0.2) is 28.9 Å². The fourth-order valence-electron chi connectivity index (χ4n) is 3.29. The Balaban J connectivity index is 1.46. The Morgan fingerprint density at radius 1 is 1.06 bits per heavy atom. The molecule has 0 unspecified atom stereocenters. The van der Waals surface area contributed by atoms with Gasteiger partial charge in [-0.1, -0.05) is 17.7 Å². The first-order valence-electron chi connectivity index (χ1n) is 10.3. The predicted octanol–water partition coefficient (Wildman–Crippen LogP) is 3.60. The van der Waals surface area contributed by atoms with Gasteiger partial charge in [0, 0.05) is 30.6 Å². The number of nitrogens with zero attached hydrogens (tertiary/aromatic N) is 3. The molecule has 0 aliphatic carbocycles. The molecule has 170 valence electrons. The molecule has 2 heterocycles. The smallest absolute Gasteiger partial charge is 0.251 e. The Kier molecular flexibility index (Phi) is 6.15. The summed E-state index contributed by atoms with van der Waals surface area (Å²) < 4.78 is 33.1. The minimum atomic E-state index is -3.55. The summed E-state index contributed by atoms with van der Waals surface area (Å²) in [7, 11) is -1.69. The molecule has 0 fully saturated rings. The van der Waals surface area contributed by atoms with Crippen molar-refractivity contribution in [3.63, 3.8) is 0 Å². The van der Waals surface area contributed by atoms with Crippen LogP contribution in [0.25, 0.3) is 11.5 Å². The van der Waals surface area contributed by atoms with Gasteiger partial charge in [-0.3, -0.25) is 4.79 Å². The van der Waals surface area contributed by atoms with Gasteiger partial charge >= 0.3 is 0 Å². The molecule has 0 atom stereocenters. The van der Waals surface area contributed by atoms with Crippen molar-refractivity contribution in [2.24, 2.45) is 7.05 Å². The monoisotopic (exact) mass is 464 g/mol. The van der Waals surface area contributed by atoms with Crippen LogP contribution in [0, 0.1) is 13.8 Å². The summed E-state index contributed by atoms with van der Waals surface area (Å²) in [4.78, 5) is 21.2. The lowest BCUT2D eigenvalue weighted by Gasteiger charge is -2.06. The Morgan fingerprint density at radius 2 is 1.76 bits per heavy atom. The van der Waals surface area contributed by atoms with Gasteiger partial charge in [-0.25, -0.2) is 18.4 Å². The van der Waals surface area contributed by atoms with Crippen molar-refractivity contribution in [3.8, 4) is 11.5 Å². The van der Waals surface area contributed by atoms with E-state index in [-0.39, 0.29) is 16.6 Å². The van der Waals surface area contributed by atoms with E-state index in [2.05, 4.69) is 15.3 Å². The molecule has 1 amide bonds. The van der Waals surface area contributed by atoms with Crippen molar-refractivity contribution < 1.29 is 17.6 Å². The van der Waals surface area contributed by atoms with E-state index in [0.29, 0.717) is 35.0 Å². The molecule has 1 N–H and O–H groups in total. The van der Waals surface area contributed by atoms with Crippen LogP contribution in [0.3, 0.4) is 0 Å². The van der Waals surface area contributed by atoms with Gasteiger partial charge in [0.05, 0.1) is 17.1 Å². The minimum Gasteiger partial charge on any atom is -0.441 e. The van der Waals surface area contributed by atoms with Gasteiger partial charge in [0.15, 0.2) is 9.84 Å². The van der Waals surface area contributed by atoms with Crippen LogP contribution < -0.4 is 5.32 Å². The van der Waals surface area contributed by atoms with Gasteiger partial charge in [0.25, 0.3) is 5.91 Å². The van der Waals surface area contributed by atoms with E-state index in [4.69, 9.17) is 4.42 Å². The van der Waals surface area contributed by atoms with Crippen LogP contribution in [0.5, 0.6) is 0 Å². The average molecular weight is 465 g/mol. The Labute approximate surface area is 192 Å². The lowest BCUT2D eigenvalue weighted by molar-refractivity contribution is 0.0949. The molecular formula is C24H24N4O4S. The first-order chi connectivity index (χ1) is 15.7. The highest BCUT2D eigenvalue weighted by molar-refractivity contribution is 7.90. The molecule has 0 bridgehead atoms. The summed E-state index contributed by atoms with van der Waals surface area (Å²) in [6, 6.07) is 13.5. The number of hydrogen-bond donors (Lipinski definition) is 1. The second-order valence-electron chi connectivity index (χ2n) is 7.81. The summed E-state index contributed by atoms with van der Waals surface area (Å²) in [5.74, 6) is 1.03. The molecule has 0 spiro atoms. The quantitative estimate of drug-likeness (QED) is 0.448. The summed E-state index contributed by atoms with van der Waals surface area (Å²) in [5, 5.41) is 2.83. The van der Waals surface area contributed by atoms with Gasteiger partial charge in [0.2, 0.25) is 5.89 Å². The van der Waals surface area contributed by atoms with E-state index in [0.717, 1.165) is 11.4 Å². The summed E-state index contributed by atoms with van der Waals surface area (Å²) in [6.45, 7) is 3.91. The molecule has 0 saturated heterocycles. The molecule has 33 heavy (non-hydrogen) atoms. The number of benzene rings is 2. The highest BCUT2D eigenvalue weighted by Crippen LogP contribution is 2.25. The predicted molar refractivity (Wildman–Crippen MR) is 123 cm³/mol. The Morgan fingerprint density at radius 3 is 2.39 bits per heavy atom. The third kappa shape index (κ3) is 5.04. The first-order valence-corrected chi connectivity index (χ1v) is 12.0. The summed E-state index contributed by atoms with van der Waals surface area (Å²) in [6.07, 6.45) is 3.49. The van der Waals surface area contributed by atoms with Crippen molar-refractivity contribution in [1.82, 2.24) is 19.9 Å². The topological polar surface area (TPSA) is 107 Å². The second kappa shape index (κ2) is 9.03. The highest BCUT2D eigenvalue weighted by Gasteiger charge is 2.21. The van der Waals surface area contributed by atoms with Crippen LogP contribution >= 0.6 is 0 Å². The molecule has 0 saturated carbocycles. The van der Waals surface area contributed by atoms with E-state index in [1.807, 2.05) is 24.7 Å². The number of aryl methyl sites for hydroxylation is 3. The van der Waals surface area contributed by atoms with E-state index in [1.165, 1.54) is 0 Å². The molecular weight excluding hydrogens is 440 g/mol. The zero-order valence-electron chi connectivity index (χ0n) is 18.6. The average Bonchev–Trinajstić information content (AvgIpc) is 3.37. The maximum absolute atomic E-state index is 12.8. The standard InChI is InChI=1S/C24H24N4O4S/c1-16-4-10-20(11-5-16)33(30,31)15-21-17(2)32-24(27-21)19-8-6-18(7-9-19)23(29)26-14-22-25-12-13-28(22)3/h4-13H,14-15H2,1-3H3,(H,26,29). The number of hydrogen-bond acceptors (Lipinski definition) is 6. The number of rotatable bonds is 7. The van der Waals surface area contributed by atoms with Gasteiger partial charge in [0.1, 0.15) is 17.3 Å². The zero-order valence-corrected chi connectivity index (χ0v) is 19.4. The van der Waals surface area contributed by atoms with Gasteiger partial charge in [-0.2, -0.15) is 0 Å². The largest absolute Gasteiger partial charge is 0.441 e. The third-order valence-electron chi connectivity index (χ3n) is 5.32. The normalized spacial score (nSPS) is 11.5. The maximum Gasteiger partial charge on any atom is 0.251 e. The fraction of sp³-hybridized carbons (Fsp3) is 0.208. The summed E-state index contributed by atoms with van der Waals surface area (Å²) >= 11 is 0. The number of nitrogens with one attached hydrogen (secondary N) is 1. The Bertz CT molecular complexity index is 1390. The van der Waals surface area contributed by atoms with Gasteiger partial charge in [-0.05, 0) is 50.2 Å². The van der Waals surface area contributed by atoms with Crippen molar-refractivity contribution in [2.45, 2.75) is 31.0 Å². The molecule has 0 aliphatic heterocycles. The van der Waals surface area contributed by atoms with E-state index in [1.54, 1.807) is 61.7 Å². The molecule has 4 rings (SSSR count). The van der Waals surface area contributed by atoms with Crippen LogP contribution in [0.4, 0.5) is 0 Å². The molecule has 4 aromatic rings. The van der Waals surface area contributed by atoms with Crippen molar-refractivity contribution in [1.29, 1.82) is 0 Å². The van der Waals surface area contributed by atoms with Crippen LogP contribution in [0.2, 0.25) is 0 Å². The van der Waals surface area contributed by atoms with Crippen LogP contribution in [0.1, 0.15) is 33.2 Å². The second-order valence-corrected chi connectivity index (χ2v) is 9.80. The maximum atomic E-state index is 12.8. The first kappa shape index (κ1) is 22.5. The minimum absolute atomic E-state index is 0.224. The number of carbonyl (C=O) groups excluding carboxylic acids is 1. The number of aromatic nitrogens is 3. The van der Waals surface area contributed by atoms with E-state index >= 15 is 0 Å². The lowest BCUT2D eigenvalue weighted by Crippen LogP contribution is -2.24. The number of imidazole rings is 1. The van der Waals surface area contributed by atoms with Gasteiger partial charge < -0.3 is 14.3 Å². The summed E-state index contributed by atoms with van der Waals surface area (Å²) in [5.41, 5.74) is 2.49. The number of sulfone groups is 1. The molecule has 2 aromatic carbocycles. The number of amides is 1. The van der Waals surface area contributed by atoms with Crippen LogP contribution in [-0.2, 0) is 29.2 Å². The van der Waals surface area contributed by atoms with E-state index < -0.39 is 9.84 Å². The third-order valence-corrected chi connectivity index (χ3v) is 6.97. The lowest BCUT2D eigenvalue weighted by atomic mass is 10.1. The highest BCUT2D eigenvalue weighted by atomic mass is 32.2. The van der Waals surface area contributed by atoms with Crippen molar-refractivity contribution >= 4 is 15.7 Å². The number of carbonyl (C=O) groups is 1. The van der Waals surface area contributed by atoms with Crippen molar-refractivity contribution in [3.05, 3.63) is 89.3 Å². The molecule has 2 aromatic heterocycles. The molecule has 0 radical (unpaired) electrons. The fourth-order valence-corrected chi connectivity index (χ4v) is 4.63. The van der Waals surface area contributed by atoms with Crippen molar-refractivity contribution in [2.75, 3.05) is 0 Å². The molecule has 0 aliphatic rings. The van der Waals surface area contributed by atoms with E-state index in [9.17, 15) is 13.2 Å². The Hall–Kier alpha value is -3.72. The van der Waals surface area contributed by atoms with Gasteiger partial charge in [-0.15, -0.1) is 0 Å². The zero-order chi connectivity index (χ0) is 23.6. The molecule has 8 nitrogen and oxygen atoms in total. The molecule has 9 heteroatoms.